The standard InChI is InChI=1S/C13H20N2O3/c1-13(2,17)8-15(3)11-9(12(16)18-4)6-5-7-10(11)14/h5-7,17H,8,14H2,1-4H3. The highest BCUT2D eigenvalue weighted by Crippen LogP contribution is 2.28. The van der Waals surface area contributed by atoms with Gasteiger partial charge < -0.3 is 20.5 Å². The van der Waals surface area contributed by atoms with Crippen molar-refractivity contribution in [3.05, 3.63) is 23.8 Å². The van der Waals surface area contributed by atoms with Gasteiger partial charge in [-0.2, -0.15) is 0 Å². The number of para-hydroxylation sites is 1. The number of nitrogens with two attached hydrogens (primary N) is 1. The van der Waals surface area contributed by atoms with E-state index in [1.54, 1.807) is 44.0 Å². The molecule has 0 atom stereocenters. The lowest BCUT2D eigenvalue weighted by Crippen LogP contribution is -2.37. The van der Waals surface area contributed by atoms with E-state index in [2.05, 4.69) is 0 Å². The molecule has 0 spiro atoms. The molecule has 0 radical (unpaired) electrons. The molecule has 5 nitrogen and oxygen atoms in total. The molecule has 0 aliphatic carbocycles. The summed E-state index contributed by atoms with van der Waals surface area (Å²) in [6.45, 7) is 3.74. The molecule has 100 valence electrons. The smallest absolute Gasteiger partial charge is 0.340 e. The van der Waals surface area contributed by atoms with Crippen molar-refractivity contribution in [1.29, 1.82) is 0 Å². The Morgan fingerprint density at radius 3 is 2.61 bits per heavy atom. The number of carbonyl (C=O) groups excluding carboxylic acids is 1. The largest absolute Gasteiger partial charge is 0.465 e. The monoisotopic (exact) mass is 252 g/mol. The first-order chi connectivity index (χ1) is 8.26. The number of aliphatic hydroxyl groups is 1. The maximum atomic E-state index is 11.7. The van der Waals surface area contributed by atoms with Gasteiger partial charge in [-0.15, -0.1) is 0 Å². The summed E-state index contributed by atoms with van der Waals surface area (Å²) in [5.74, 6) is -0.445. The Morgan fingerprint density at radius 2 is 2.11 bits per heavy atom. The maximum Gasteiger partial charge on any atom is 0.340 e. The van der Waals surface area contributed by atoms with Crippen molar-refractivity contribution in [2.24, 2.45) is 0 Å². The fourth-order valence-electron chi connectivity index (χ4n) is 1.92. The van der Waals surface area contributed by atoms with Gasteiger partial charge in [-0.3, -0.25) is 0 Å². The van der Waals surface area contributed by atoms with E-state index in [0.29, 0.717) is 23.5 Å². The number of ether oxygens (including phenoxy) is 1. The first-order valence-corrected chi connectivity index (χ1v) is 5.66. The quantitative estimate of drug-likeness (QED) is 0.623. The zero-order chi connectivity index (χ0) is 13.9. The van der Waals surface area contributed by atoms with Crippen molar-refractivity contribution >= 4 is 17.3 Å². The van der Waals surface area contributed by atoms with Crippen molar-refractivity contribution in [2.75, 3.05) is 31.3 Å². The van der Waals surface area contributed by atoms with Gasteiger partial charge in [0.05, 0.1) is 29.6 Å². The number of esters is 1. The van der Waals surface area contributed by atoms with E-state index in [0.717, 1.165) is 0 Å². The average molecular weight is 252 g/mol. The van der Waals surface area contributed by atoms with Crippen molar-refractivity contribution in [3.63, 3.8) is 0 Å². The normalized spacial score (nSPS) is 11.2. The number of likely N-dealkylation sites (N-methyl/N-ethyl adjacent to an activating group) is 1. The Balaban J connectivity index is 3.17. The molecule has 3 N–H and O–H groups in total. The van der Waals surface area contributed by atoms with Crippen LogP contribution in [0.25, 0.3) is 0 Å². The van der Waals surface area contributed by atoms with E-state index in [4.69, 9.17) is 10.5 Å². The predicted octanol–water partition coefficient (Wildman–Crippen LogP) is 1.26. The summed E-state index contributed by atoms with van der Waals surface area (Å²) in [7, 11) is 3.10. The maximum absolute atomic E-state index is 11.7. The summed E-state index contributed by atoms with van der Waals surface area (Å²) in [5, 5.41) is 9.83. The second-order valence-electron chi connectivity index (χ2n) is 4.90. The van der Waals surface area contributed by atoms with Crippen molar-refractivity contribution in [2.45, 2.75) is 19.4 Å². The lowest BCUT2D eigenvalue weighted by atomic mass is 10.1. The molecule has 0 unspecified atom stereocenters. The predicted molar refractivity (Wildman–Crippen MR) is 71.8 cm³/mol. The lowest BCUT2D eigenvalue weighted by Gasteiger charge is -2.29. The number of rotatable bonds is 4. The highest BCUT2D eigenvalue weighted by molar-refractivity contribution is 5.99. The molecule has 0 aliphatic rings. The topological polar surface area (TPSA) is 75.8 Å². The van der Waals surface area contributed by atoms with Crippen LogP contribution in [0.3, 0.4) is 0 Å². The highest BCUT2D eigenvalue weighted by Gasteiger charge is 2.22. The van der Waals surface area contributed by atoms with Crippen LogP contribution >= 0.6 is 0 Å². The minimum absolute atomic E-state index is 0.352. The zero-order valence-corrected chi connectivity index (χ0v) is 11.2. The minimum atomic E-state index is -0.885. The first-order valence-electron chi connectivity index (χ1n) is 5.66. The van der Waals surface area contributed by atoms with Crippen molar-refractivity contribution < 1.29 is 14.6 Å². The van der Waals surface area contributed by atoms with Crippen molar-refractivity contribution in [1.82, 2.24) is 0 Å². The molecule has 18 heavy (non-hydrogen) atoms. The molecule has 1 rings (SSSR count). The van der Waals surface area contributed by atoms with Crippen LogP contribution in [0.5, 0.6) is 0 Å². The second-order valence-corrected chi connectivity index (χ2v) is 4.90. The molecule has 0 aliphatic heterocycles. The van der Waals surface area contributed by atoms with Gasteiger partial charge in [0.2, 0.25) is 0 Å². The third-order valence-corrected chi connectivity index (χ3v) is 2.48. The molecular weight excluding hydrogens is 232 g/mol. The molecule has 0 saturated heterocycles. The van der Waals surface area contributed by atoms with Crippen LogP contribution in [0.1, 0.15) is 24.2 Å². The van der Waals surface area contributed by atoms with Crippen LogP contribution in [-0.2, 0) is 4.74 Å². The summed E-state index contributed by atoms with van der Waals surface area (Å²) >= 11 is 0. The fourth-order valence-corrected chi connectivity index (χ4v) is 1.92. The lowest BCUT2D eigenvalue weighted by molar-refractivity contribution is 0.0599. The van der Waals surface area contributed by atoms with Crippen LogP contribution in [0.15, 0.2) is 18.2 Å². The van der Waals surface area contributed by atoms with Crippen LogP contribution in [0, 0.1) is 0 Å². The summed E-state index contributed by atoms with van der Waals surface area (Å²) in [5.41, 5.74) is 6.46. The van der Waals surface area contributed by atoms with Gasteiger partial charge in [0.15, 0.2) is 0 Å². The van der Waals surface area contributed by atoms with Crippen molar-refractivity contribution in [3.8, 4) is 0 Å². The molecule has 0 fully saturated rings. The van der Waals surface area contributed by atoms with Gasteiger partial charge >= 0.3 is 5.97 Å². The zero-order valence-electron chi connectivity index (χ0n) is 11.2. The molecule has 0 amide bonds. The number of anilines is 2. The Kier molecular flexibility index (Phi) is 4.19. The number of hydrogen-bond donors (Lipinski definition) is 2. The molecular formula is C13H20N2O3. The minimum Gasteiger partial charge on any atom is -0.465 e. The molecule has 0 heterocycles. The SMILES string of the molecule is COC(=O)c1cccc(N)c1N(C)CC(C)(C)O. The number of hydrogen-bond acceptors (Lipinski definition) is 5. The molecule has 0 aromatic heterocycles. The van der Waals surface area contributed by atoms with Crippen LogP contribution in [-0.4, -0.2) is 37.4 Å². The molecule has 1 aromatic carbocycles. The highest BCUT2D eigenvalue weighted by atomic mass is 16.5. The van der Waals surface area contributed by atoms with E-state index in [-0.39, 0.29) is 0 Å². The Hall–Kier alpha value is -1.75. The number of nitrogen functional groups attached to an aromatic ring is 1. The van der Waals surface area contributed by atoms with Crippen LogP contribution in [0.4, 0.5) is 11.4 Å². The second kappa shape index (κ2) is 5.27. The van der Waals surface area contributed by atoms with E-state index >= 15 is 0 Å². The van der Waals surface area contributed by atoms with E-state index in [9.17, 15) is 9.90 Å². The average Bonchev–Trinajstić information content (AvgIpc) is 2.25. The molecule has 1 aromatic rings. The van der Waals surface area contributed by atoms with Gasteiger partial charge in [0.1, 0.15) is 0 Å². The van der Waals surface area contributed by atoms with Crippen LogP contribution in [0.2, 0.25) is 0 Å². The Bertz CT molecular complexity index is 438. The van der Waals surface area contributed by atoms with E-state index < -0.39 is 11.6 Å². The van der Waals surface area contributed by atoms with E-state index in [1.165, 1.54) is 7.11 Å². The number of carbonyl (C=O) groups is 1. The van der Waals surface area contributed by atoms with E-state index in [1.807, 2.05) is 0 Å². The fraction of sp³-hybridized carbons (Fsp3) is 0.462. The number of nitrogens with zero attached hydrogens (tertiary/aromatic N) is 1. The van der Waals surface area contributed by atoms with Gasteiger partial charge in [0.25, 0.3) is 0 Å². The number of methoxy groups -OCH3 is 1. The van der Waals surface area contributed by atoms with Gasteiger partial charge in [-0.1, -0.05) is 6.07 Å². The summed E-state index contributed by atoms with van der Waals surface area (Å²) < 4.78 is 4.73. The summed E-state index contributed by atoms with van der Waals surface area (Å²) in [4.78, 5) is 13.4. The molecule has 0 saturated carbocycles. The van der Waals surface area contributed by atoms with Crippen LogP contribution < -0.4 is 10.6 Å². The Labute approximate surface area is 107 Å². The first kappa shape index (κ1) is 14.3. The third kappa shape index (κ3) is 3.37. The molecule has 5 heteroatoms. The third-order valence-electron chi connectivity index (χ3n) is 2.48. The number of benzene rings is 1. The molecule has 0 bridgehead atoms. The summed E-state index contributed by atoms with van der Waals surface area (Å²) in [6.07, 6.45) is 0. The summed E-state index contributed by atoms with van der Waals surface area (Å²) in [6, 6.07) is 5.06. The Morgan fingerprint density at radius 1 is 1.50 bits per heavy atom. The van der Waals surface area contributed by atoms with Gasteiger partial charge in [-0.05, 0) is 26.0 Å². The van der Waals surface area contributed by atoms with Gasteiger partial charge in [-0.25, -0.2) is 4.79 Å². The van der Waals surface area contributed by atoms with Gasteiger partial charge in [0, 0.05) is 13.6 Å².